The first-order valence-corrected chi connectivity index (χ1v) is 27.6. The molecule has 0 radical (unpaired) electrons. The molecule has 0 aliphatic carbocycles. The maximum absolute atomic E-state index is 13.2. The molecule has 0 aromatic carbocycles. The minimum absolute atomic E-state index is 0.252. The lowest BCUT2D eigenvalue weighted by atomic mass is 9.97. The number of hydrogen-bond acceptors (Lipinski definition) is 13. The standard InChI is InChI=1S/C59H97NO13/c1-3-5-7-9-11-13-15-16-17-18-19-20-21-22-23-24-25-26-27-28-29-30-31-32-33-35-37-39-41-43-51(64)60-47(48(63)42-40-38-36-34-14-12-10-8-6-4-2)46-70-58-56(69)54(67)57(50(45-62)72-58)73-59-55(68)53(66)52(65)49(44-61)71-59/h5,7,11,13-14,16-17,19-20,22-23,25-26,28-29,34,40,42,47-50,52-59,61-63,65-69H,3-4,6,8-10,12,15,18,21,24,27,30-33,35-39,41,43-46H2,1-2H3,(H,60,64)/b7-5-,13-11-,17-16-,20-19-,23-22-,26-25-,29-28-,34-14+,42-40+. The van der Waals surface area contributed by atoms with Crippen LogP contribution in [0.15, 0.2) is 109 Å². The Morgan fingerprint density at radius 1 is 0.507 bits per heavy atom. The van der Waals surface area contributed by atoms with Crippen molar-refractivity contribution in [2.24, 2.45) is 0 Å². The minimum Gasteiger partial charge on any atom is -0.394 e. The zero-order valence-electron chi connectivity index (χ0n) is 44.3. The lowest BCUT2D eigenvalue weighted by Gasteiger charge is -2.46. The van der Waals surface area contributed by atoms with Crippen LogP contribution in [0.25, 0.3) is 0 Å². The number of aliphatic hydroxyl groups is 8. The number of unbranched alkanes of at least 4 members (excludes halogenated alkanes) is 12. The van der Waals surface area contributed by atoms with Gasteiger partial charge in [-0.25, -0.2) is 0 Å². The highest BCUT2D eigenvalue weighted by molar-refractivity contribution is 5.76. The fourth-order valence-corrected chi connectivity index (χ4v) is 8.23. The molecular weight excluding hydrogens is 931 g/mol. The van der Waals surface area contributed by atoms with Crippen LogP contribution in [0.3, 0.4) is 0 Å². The number of aliphatic hydroxyl groups excluding tert-OH is 8. The van der Waals surface area contributed by atoms with Crippen molar-refractivity contribution in [3.05, 3.63) is 109 Å². The van der Waals surface area contributed by atoms with Crippen LogP contribution in [-0.4, -0.2) is 140 Å². The van der Waals surface area contributed by atoms with Crippen LogP contribution in [0.4, 0.5) is 0 Å². The van der Waals surface area contributed by atoms with E-state index in [2.05, 4.69) is 116 Å². The second-order valence-electron chi connectivity index (χ2n) is 19.0. The van der Waals surface area contributed by atoms with Gasteiger partial charge in [0.2, 0.25) is 5.91 Å². The van der Waals surface area contributed by atoms with E-state index < -0.39 is 86.8 Å². The Morgan fingerprint density at radius 3 is 1.51 bits per heavy atom. The van der Waals surface area contributed by atoms with Gasteiger partial charge in [0.05, 0.1) is 32.0 Å². The maximum atomic E-state index is 13.2. The number of allylic oxidation sites excluding steroid dienone is 17. The van der Waals surface area contributed by atoms with E-state index in [-0.39, 0.29) is 18.9 Å². The molecule has 2 aliphatic rings. The average Bonchev–Trinajstić information content (AvgIpc) is 3.39. The summed E-state index contributed by atoms with van der Waals surface area (Å²) in [5, 5.41) is 86.7. The predicted octanol–water partition coefficient (Wildman–Crippen LogP) is 8.49. The monoisotopic (exact) mass is 1030 g/mol. The molecule has 2 saturated heterocycles. The summed E-state index contributed by atoms with van der Waals surface area (Å²) in [6.07, 6.45) is 44.3. The van der Waals surface area contributed by atoms with Gasteiger partial charge < -0.3 is 65.1 Å². The lowest BCUT2D eigenvalue weighted by Crippen LogP contribution is -2.65. The van der Waals surface area contributed by atoms with Crippen molar-refractivity contribution in [1.82, 2.24) is 5.32 Å². The topological polar surface area (TPSA) is 228 Å². The summed E-state index contributed by atoms with van der Waals surface area (Å²) in [6, 6.07) is -0.943. The molecular formula is C59H97NO13. The third-order valence-electron chi connectivity index (χ3n) is 12.7. The molecule has 9 N–H and O–H groups in total. The second kappa shape index (κ2) is 43.8. The van der Waals surface area contributed by atoms with E-state index in [1.54, 1.807) is 6.08 Å². The van der Waals surface area contributed by atoms with Gasteiger partial charge in [-0.3, -0.25) is 4.79 Å². The minimum atomic E-state index is -1.80. The summed E-state index contributed by atoms with van der Waals surface area (Å²) in [4.78, 5) is 13.2. The number of nitrogens with one attached hydrogen (secondary N) is 1. The van der Waals surface area contributed by atoms with E-state index in [0.717, 1.165) is 109 Å². The first kappa shape index (κ1) is 65.8. The van der Waals surface area contributed by atoms with Crippen LogP contribution in [0.1, 0.15) is 162 Å². The quantitative estimate of drug-likeness (QED) is 0.0207. The van der Waals surface area contributed by atoms with E-state index >= 15 is 0 Å². The van der Waals surface area contributed by atoms with Crippen molar-refractivity contribution in [2.75, 3.05) is 19.8 Å². The molecule has 2 rings (SSSR count). The van der Waals surface area contributed by atoms with Gasteiger partial charge in [-0.2, -0.15) is 0 Å². The third-order valence-corrected chi connectivity index (χ3v) is 12.7. The Hall–Kier alpha value is -3.35. The Kier molecular flexibility index (Phi) is 39.5. The van der Waals surface area contributed by atoms with Crippen LogP contribution < -0.4 is 5.32 Å². The highest BCUT2D eigenvalue weighted by Crippen LogP contribution is 2.30. The van der Waals surface area contributed by atoms with Gasteiger partial charge in [-0.1, -0.05) is 175 Å². The van der Waals surface area contributed by atoms with Crippen molar-refractivity contribution < 1.29 is 64.6 Å². The molecule has 12 unspecified atom stereocenters. The molecule has 14 heteroatoms. The van der Waals surface area contributed by atoms with Crippen LogP contribution >= 0.6 is 0 Å². The van der Waals surface area contributed by atoms with Gasteiger partial charge in [0.1, 0.15) is 48.8 Å². The van der Waals surface area contributed by atoms with Crippen molar-refractivity contribution in [2.45, 2.75) is 235 Å². The predicted molar refractivity (Wildman–Crippen MR) is 290 cm³/mol. The molecule has 14 nitrogen and oxygen atoms in total. The molecule has 2 aliphatic heterocycles. The van der Waals surface area contributed by atoms with Crippen molar-refractivity contribution >= 4 is 5.91 Å². The fraction of sp³-hybridized carbons (Fsp3) is 0.678. The summed E-state index contributed by atoms with van der Waals surface area (Å²) in [6.45, 7) is 2.58. The molecule has 0 spiro atoms. The molecule has 416 valence electrons. The SMILES string of the molecule is CC/C=C\C/C=C\C/C=C\C/C=C\C/C=C\C/C=C\C/C=C\CCCCCCCCCC(=O)NC(COC1OC(CO)C(OC2OC(CO)C(O)C(O)C2O)C(O)C1O)C(O)/C=C/CC/C=C/CCCCCC. The third kappa shape index (κ3) is 30.1. The zero-order chi connectivity index (χ0) is 53.2. The largest absolute Gasteiger partial charge is 0.394 e. The number of rotatable bonds is 41. The van der Waals surface area contributed by atoms with Crippen LogP contribution in [-0.2, 0) is 23.7 Å². The summed E-state index contributed by atoms with van der Waals surface area (Å²) < 4.78 is 22.7. The number of ether oxygens (including phenoxy) is 4. The highest BCUT2D eigenvalue weighted by atomic mass is 16.7. The van der Waals surface area contributed by atoms with E-state index in [1.807, 2.05) is 6.08 Å². The Bertz CT molecular complexity index is 1640. The van der Waals surface area contributed by atoms with Gasteiger partial charge in [0, 0.05) is 6.42 Å². The van der Waals surface area contributed by atoms with Crippen molar-refractivity contribution in [3.63, 3.8) is 0 Å². The molecule has 1 amide bonds. The smallest absolute Gasteiger partial charge is 0.220 e. The van der Waals surface area contributed by atoms with E-state index in [9.17, 15) is 45.6 Å². The number of amides is 1. The molecule has 0 aromatic rings. The molecule has 12 atom stereocenters. The first-order chi connectivity index (χ1) is 35.6. The Morgan fingerprint density at radius 2 is 0.959 bits per heavy atom. The highest BCUT2D eigenvalue weighted by Gasteiger charge is 2.51. The lowest BCUT2D eigenvalue weighted by molar-refractivity contribution is -0.359. The molecule has 0 saturated carbocycles. The molecule has 2 fully saturated rings. The zero-order valence-corrected chi connectivity index (χ0v) is 44.3. The van der Waals surface area contributed by atoms with Gasteiger partial charge in [-0.05, 0) is 89.9 Å². The van der Waals surface area contributed by atoms with Gasteiger partial charge >= 0.3 is 0 Å². The van der Waals surface area contributed by atoms with Crippen molar-refractivity contribution in [1.29, 1.82) is 0 Å². The van der Waals surface area contributed by atoms with Gasteiger partial charge in [0.15, 0.2) is 12.6 Å². The van der Waals surface area contributed by atoms with E-state index in [1.165, 1.54) is 19.3 Å². The van der Waals surface area contributed by atoms with Gasteiger partial charge in [-0.15, -0.1) is 0 Å². The molecule has 0 bridgehead atoms. The van der Waals surface area contributed by atoms with Crippen LogP contribution in [0, 0.1) is 0 Å². The molecule has 0 aromatic heterocycles. The Labute approximate surface area is 438 Å². The Balaban J connectivity index is 1.73. The fourth-order valence-electron chi connectivity index (χ4n) is 8.23. The number of carbonyl (C=O) groups is 1. The van der Waals surface area contributed by atoms with E-state index in [4.69, 9.17) is 18.9 Å². The average molecular weight is 1030 g/mol. The number of hydrogen-bond donors (Lipinski definition) is 9. The van der Waals surface area contributed by atoms with E-state index in [0.29, 0.717) is 12.8 Å². The summed E-state index contributed by atoms with van der Waals surface area (Å²) in [5.74, 6) is -0.269. The normalized spacial score (nSPS) is 26.3. The van der Waals surface area contributed by atoms with Crippen molar-refractivity contribution in [3.8, 4) is 0 Å². The van der Waals surface area contributed by atoms with Gasteiger partial charge in [0.25, 0.3) is 0 Å². The first-order valence-electron chi connectivity index (χ1n) is 27.6. The van der Waals surface area contributed by atoms with Crippen LogP contribution in [0.5, 0.6) is 0 Å². The molecule has 2 heterocycles. The maximum Gasteiger partial charge on any atom is 0.220 e. The molecule has 73 heavy (non-hydrogen) atoms. The summed E-state index contributed by atoms with van der Waals surface area (Å²) in [7, 11) is 0. The number of carbonyl (C=O) groups excluding carboxylic acids is 1. The second-order valence-corrected chi connectivity index (χ2v) is 19.0. The summed E-state index contributed by atoms with van der Waals surface area (Å²) in [5.41, 5.74) is 0. The van der Waals surface area contributed by atoms with Crippen LogP contribution in [0.2, 0.25) is 0 Å². The summed E-state index contributed by atoms with van der Waals surface area (Å²) >= 11 is 0.